The molecule has 0 aliphatic carbocycles. The average Bonchev–Trinajstić information content (AvgIpc) is 2.89. The van der Waals surface area contributed by atoms with Crippen LogP contribution in [0, 0.1) is 13.8 Å². The lowest BCUT2D eigenvalue weighted by molar-refractivity contribution is 0.111. The summed E-state index contributed by atoms with van der Waals surface area (Å²) in [6, 6.07) is 10.4. The summed E-state index contributed by atoms with van der Waals surface area (Å²) < 4.78 is 7.57. The largest absolute Gasteiger partial charge is 0.375 e. The fourth-order valence-corrected chi connectivity index (χ4v) is 3.18. The number of benzene rings is 1. The molecule has 28 heavy (non-hydrogen) atoms. The average molecular weight is 499 g/mol. The van der Waals surface area contributed by atoms with Gasteiger partial charge in [-0.15, -0.1) is 24.0 Å². The van der Waals surface area contributed by atoms with E-state index in [0.29, 0.717) is 6.54 Å². The third-order valence-electron chi connectivity index (χ3n) is 4.77. The Labute approximate surface area is 186 Å². The number of hydrogen-bond acceptors (Lipinski definition) is 3. The molecule has 2 rings (SSSR count). The van der Waals surface area contributed by atoms with Crippen molar-refractivity contribution < 1.29 is 4.74 Å². The number of halogens is 1. The Bertz CT molecular complexity index is 745. The van der Waals surface area contributed by atoms with E-state index in [9.17, 15) is 0 Å². The molecule has 2 aromatic rings. The molecule has 2 unspecified atom stereocenters. The van der Waals surface area contributed by atoms with Gasteiger partial charge >= 0.3 is 0 Å². The molecule has 1 aromatic heterocycles. The van der Waals surface area contributed by atoms with E-state index < -0.39 is 0 Å². The minimum absolute atomic E-state index is 0. The molecular weight excluding hydrogens is 465 g/mol. The van der Waals surface area contributed by atoms with Crippen molar-refractivity contribution in [2.75, 3.05) is 20.2 Å². The first kappa shape index (κ1) is 24.4. The Morgan fingerprint density at radius 2 is 1.93 bits per heavy atom. The number of ether oxygens (including phenoxy) is 1. The normalized spacial score (nSPS) is 13.6. The molecule has 0 aliphatic rings. The molecule has 7 heteroatoms. The zero-order valence-corrected chi connectivity index (χ0v) is 20.2. The van der Waals surface area contributed by atoms with Crippen LogP contribution in [0.1, 0.15) is 42.5 Å². The van der Waals surface area contributed by atoms with Gasteiger partial charge in [-0.2, -0.15) is 5.10 Å². The minimum Gasteiger partial charge on any atom is -0.375 e. The van der Waals surface area contributed by atoms with E-state index in [4.69, 9.17) is 9.73 Å². The van der Waals surface area contributed by atoms with Crippen LogP contribution in [0.5, 0.6) is 0 Å². The second kappa shape index (κ2) is 12.1. The summed E-state index contributed by atoms with van der Waals surface area (Å²) in [5, 5.41) is 11.3. The van der Waals surface area contributed by atoms with Gasteiger partial charge in [-0.1, -0.05) is 30.3 Å². The molecule has 0 aliphatic heterocycles. The van der Waals surface area contributed by atoms with Crippen LogP contribution in [0.25, 0.3) is 0 Å². The number of hydrogen-bond donors (Lipinski definition) is 2. The van der Waals surface area contributed by atoms with Gasteiger partial charge in [0.25, 0.3) is 0 Å². The molecule has 0 radical (unpaired) electrons. The standard InChI is InChI=1S/C21H33N5O.HI/c1-7-22-21(23-14-20(27-6)18-11-9-8-10-12-18)24-15(2)13-19-16(3)25-26(5)17(19)4;/h8-12,15,20H,7,13-14H2,1-6H3,(H2,22,23,24);1H. The van der Waals surface area contributed by atoms with Gasteiger partial charge in [0, 0.05) is 32.4 Å². The SMILES string of the molecule is CCNC(=NCC(OC)c1ccccc1)NC(C)Cc1c(C)nn(C)c1C.I. The minimum atomic E-state index is -0.0558. The third-order valence-corrected chi connectivity index (χ3v) is 4.77. The number of methoxy groups -OCH3 is 1. The Kier molecular flexibility index (Phi) is 10.5. The number of guanidine groups is 1. The highest BCUT2D eigenvalue weighted by Crippen LogP contribution is 2.16. The van der Waals surface area contributed by atoms with Gasteiger partial charge in [-0.25, -0.2) is 0 Å². The number of aryl methyl sites for hydroxylation is 2. The van der Waals surface area contributed by atoms with Crippen LogP contribution in [0.15, 0.2) is 35.3 Å². The van der Waals surface area contributed by atoms with Crippen LogP contribution >= 0.6 is 24.0 Å². The fourth-order valence-electron chi connectivity index (χ4n) is 3.18. The third kappa shape index (κ3) is 6.77. The molecule has 0 saturated carbocycles. The first-order chi connectivity index (χ1) is 13.0. The highest BCUT2D eigenvalue weighted by Gasteiger charge is 2.15. The second-order valence-corrected chi connectivity index (χ2v) is 6.88. The number of nitrogens with one attached hydrogen (secondary N) is 2. The van der Waals surface area contributed by atoms with Crippen molar-refractivity contribution in [2.45, 2.75) is 46.3 Å². The van der Waals surface area contributed by atoms with Gasteiger partial charge < -0.3 is 15.4 Å². The van der Waals surface area contributed by atoms with Crippen molar-refractivity contribution in [2.24, 2.45) is 12.0 Å². The molecule has 2 atom stereocenters. The lowest BCUT2D eigenvalue weighted by Crippen LogP contribution is -2.43. The van der Waals surface area contributed by atoms with Crippen LogP contribution in [0.4, 0.5) is 0 Å². The maximum Gasteiger partial charge on any atom is 0.191 e. The highest BCUT2D eigenvalue weighted by atomic mass is 127. The summed E-state index contributed by atoms with van der Waals surface area (Å²) >= 11 is 0. The van der Waals surface area contributed by atoms with Crippen molar-refractivity contribution in [3.63, 3.8) is 0 Å². The molecule has 0 saturated heterocycles. The molecule has 1 heterocycles. The second-order valence-electron chi connectivity index (χ2n) is 6.88. The molecule has 0 bridgehead atoms. The molecule has 6 nitrogen and oxygen atoms in total. The molecule has 0 amide bonds. The number of aliphatic imine (C=N–C) groups is 1. The summed E-state index contributed by atoms with van der Waals surface area (Å²) in [5.41, 5.74) is 4.74. The van der Waals surface area contributed by atoms with Crippen molar-refractivity contribution in [3.8, 4) is 0 Å². The van der Waals surface area contributed by atoms with Crippen molar-refractivity contribution >= 4 is 29.9 Å². The quantitative estimate of drug-likeness (QED) is 0.332. The van der Waals surface area contributed by atoms with Crippen LogP contribution in [0.3, 0.4) is 0 Å². The Balaban J connectivity index is 0.00000392. The van der Waals surface area contributed by atoms with Crippen molar-refractivity contribution in [3.05, 3.63) is 52.8 Å². The van der Waals surface area contributed by atoms with Gasteiger partial charge in [-0.05, 0) is 45.2 Å². The van der Waals surface area contributed by atoms with E-state index in [1.807, 2.05) is 29.9 Å². The Morgan fingerprint density at radius 1 is 1.25 bits per heavy atom. The van der Waals surface area contributed by atoms with E-state index in [2.05, 4.69) is 55.6 Å². The summed E-state index contributed by atoms with van der Waals surface area (Å²) in [5.74, 6) is 0.808. The van der Waals surface area contributed by atoms with Crippen molar-refractivity contribution in [1.82, 2.24) is 20.4 Å². The van der Waals surface area contributed by atoms with E-state index in [-0.39, 0.29) is 36.1 Å². The topological polar surface area (TPSA) is 63.5 Å². The zero-order valence-electron chi connectivity index (χ0n) is 17.8. The summed E-state index contributed by atoms with van der Waals surface area (Å²) in [4.78, 5) is 4.74. The smallest absolute Gasteiger partial charge is 0.191 e. The van der Waals surface area contributed by atoms with Gasteiger partial charge in [0.05, 0.1) is 12.2 Å². The Morgan fingerprint density at radius 3 is 2.46 bits per heavy atom. The van der Waals surface area contributed by atoms with Gasteiger partial charge in [0.2, 0.25) is 0 Å². The summed E-state index contributed by atoms with van der Waals surface area (Å²) in [6.45, 7) is 9.80. The van der Waals surface area contributed by atoms with Crippen LogP contribution in [-0.4, -0.2) is 42.0 Å². The molecule has 0 spiro atoms. The molecule has 2 N–H and O–H groups in total. The first-order valence-corrected chi connectivity index (χ1v) is 9.57. The molecular formula is C21H34IN5O. The van der Waals surface area contributed by atoms with Crippen molar-refractivity contribution in [1.29, 1.82) is 0 Å². The predicted molar refractivity (Wildman–Crippen MR) is 127 cm³/mol. The van der Waals surface area contributed by atoms with Crippen LogP contribution in [-0.2, 0) is 18.2 Å². The Hall–Kier alpha value is -1.61. The monoisotopic (exact) mass is 499 g/mol. The highest BCUT2D eigenvalue weighted by molar-refractivity contribution is 14.0. The lowest BCUT2D eigenvalue weighted by atomic mass is 10.1. The number of aromatic nitrogens is 2. The molecule has 1 aromatic carbocycles. The lowest BCUT2D eigenvalue weighted by Gasteiger charge is -2.19. The van der Waals surface area contributed by atoms with Gasteiger partial charge in [0.15, 0.2) is 5.96 Å². The number of rotatable bonds is 8. The van der Waals surface area contributed by atoms with E-state index >= 15 is 0 Å². The van der Waals surface area contributed by atoms with Crippen LogP contribution < -0.4 is 10.6 Å². The van der Waals surface area contributed by atoms with E-state index in [1.54, 1.807) is 7.11 Å². The predicted octanol–water partition coefficient (Wildman–Crippen LogP) is 3.53. The fraction of sp³-hybridized carbons (Fsp3) is 0.524. The maximum absolute atomic E-state index is 5.63. The zero-order chi connectivity index (χ0) is 19.8. The molecule has 156 valence electrons. The first-order valence-electron chi connectivity index (χ1n) is 9.57. The summed E-state index contributed by atoms with van der Waals surface area (Å²) in [7, 11) is 3.72. The van der Waals surface area contributed by atoms with E-state index in [1.165, 1.54) is 11.3 Å². The summed E-state index contributed by atoms with van der Waals surface area (Å²) in [6.07, 6.45) is 0.849. The maximum atomic E-state index is 5.63. The number of nitrogens with zero attached hydrogens (tertiary/aromatic N) is 3. The van der Waals surface area contributed by atoms with Gasteiger partial charge in [-0.3, -0.25) is 9.67 Å². The van der Waals surface area contributed by atoms with E-state index in [0.717, 1.165) is 30.2 Å². The molecule has 0 fully saturated rings. The van der Waals surface area contributed by atoms with Crippen LogP contribution in [0.2, 0.25) is 0 Å². The van der Waals surface area contributed by atoms with Gasteiger partial charge in [0.1, 0.15) is 6.10 Å².